The minimum absolute atomic E-state index is 0.0506. The molecule has 0 bridgehead atoms. The average Bonchev–Trinajstić information content (AvgIpc) is 3.10. The van der Waals surface area contributed by atoms with Crippen LogP contribution < -0.4 is 10.2 Å². The van der Waals surface area contributed by atoms with Crippen molar-refractivity contribution in [2.24, 2.45) is 0 Å². The number of para-hydroxylation sites is 1. The number of amides is 1. The van der Waals surface area contributed by atoms with Gasteiger partial charge in [0.1, 0.15) is 16.5 Å². The molecule has 29 heavy (non-hydrogen) atoms. The summed E-state index contributed by atoms with van der Waals surface area (Å²) >= 11 is 7.15. The number of rotatable bonds is 4. The van der Waals surface area contributed by atoms with E-state index in [-0.39, 0.29) is 11.7 Å². The number of aryl methyl sites for hydroxylation is 1. The lowest BCUT2D eigenvalue weighted by Gasteiger charge is -2.36. The summed E-state index contributed by atoms with van der Waals surface area (Å²) in [7, 11) is 0. The highest BCUT2D eigenvalue weighted by molar-refractivity contribution is 7.17. The number of nitrogens with zero attached hydrogens (tertiary/aromatic N) is 4. The number of hydrogen-bond acceptors (Lipinski definition) is 6. The molecule has 0 aliphatic carbocycles. The molecule has 1 aliphatic heterocycles. The van der Waals surface area contributed by atoms with Crippen molar-refractivity contribution in [3.63, 3.8) is 0 Å². The third kappa shape index (κ3) is 4.33. The second kappa shape index (κ2) is 8.34. The van der Waals surface area contributed by atoms with Crippen molar-refractivity contribution in [2.75, 3.05) is 36.4 Å². The highest BCUT2D eigenvalue weighted by atomic mass is 35.5. The summed E-state index contributed by atoms with van der Waals surface area (Å²) in [5.41, 5.74) is 1.25. The molecular weight excluding hydrogens is 413 g/mol. The maximum absolute atomic E-state index is 14.0. The van der Waals surface area contributed by atoms with Crippen molar-refractivity contribution in [2.45, 2.75) is 6.92 Å². The van der Waals surface area contributed by atoms with E-state index in [9.17, 15) is 9.18 Å². The van der Waals surface area contributed by atoms with Crippen LogP contribution in [0.5, 0.6) is 0 Å². The van der Waals surface area contributed by atoms with Crippen molar-refractivity contribution in [3.8, 4) is 0 Å². The molecule has 1 saturated heterocycles. The number of hydrogen-bond donors (Lipinski definition) is 1. The molecule has 3 aromatic rings. The standard InChI is InChI=1S/C20H19ClFN5OS/c1-13-18(29-20(24-13)25-17-7-6-14(21)12-23-17)19(28)27-10-8-26(9-11-27)16-5-3-2-4-15(16)22/h2-7,12H,8-11H2,1H3,(H,23,24,25). The first-order valence-electron chi connectivity index (χ1n) is 9.16. The van der Waals surface area contributed by atoms with Gasteiger partial charge < -0.3 is 15.1 Å². The lowest BCUT2D eigenvalue weighted by atomic mass is 10.2. The van der Waals surface area contributed by atoms with Gasteiger partial charge in [-0.25, -0.2) is 14.4 Å². The quantitative estimate of drug-likeness (QED) is 0.665. The van der Waals surface area contributed by atoms with Gasteiger partial charge in [-0.1, -0.05) is 35.1 Å². The molecule has 1 amide bonds. The number of pyridine rings is 1. The predicted octanol–water partition coefficient (Wildman–Crippen LogP) is 4.35. The highest BCUT2D eigenvalue weighted by Crippen LogP contribution is 2.27. The third-order valence-electron chi connectivity index (χ3n) is 4.71. The molecule has 1 aliphatic rings. The molecule has 1 fully saturated rings. The Morgan fingerprint density at radius 2 is 1.93 bits per heavy atom. The largest absolute Gasteiger partial charge is 0.366 e. The Labute approximate surface area is 177 Å². The fraction of sp³-hybridized carbons (Fsp3) is 0.250. The van der Waals surface area contributed by atoms with E-state index in [0.29, 0.717) is 58.4 Å². The summed E-state index contributed by atoms with van der Waals surface area (Å²) in [6.45, 7) is 4.06. The van der Waals surface area contributed by atoms with Crippen LogP contribution in [-0.2, 0) is 0 Å². The minimum Gasteiger partial charge on any atom is -0.366 e. The lowest BCUT2D eigenvalue weighted by molar-refractivity contribution is 0.0750. The number of thiazole rings is 1. The van der Waals surface area contributed by atoms with Gasteiger partial charge >= 0.3 is 0 Å². The Balaban J connectivity index is 1.42. The fourth-order valence-electron chi connectivity index (χ4n) is 3.21. The van der Waals surface area contributed by atoms with Crippen LogP contribution in [0, 0.1) is 12.7 Å². The van der Waals surface area contributed by atoms with E-state index in [4.69, 9.17) is 11.6 Å². The molecule has 0 spiro atoms. The van der Waals surface area contributed by atoms with Crippen LogP contribution in [0.4, 0.5) is 21.0 Å². The SMILES string of the molecule is Cc1nc(Nc2ccc(Cl)cn2)sc1C(=O)N1CCN(c2ccccc2F)CC1. The van der Waals surface area contributed by atoms with Crippen molar-refractivity contribution in [3.05, 3.63) is 64.0 Å². The first kappa shape index (κ1) is 19.6. The van der Waals surface area contributed by atoms with Crippen LogP contribution >= 0.6 is 22.9 Å². The van der Waals surface area contributed by atoms with Crippen molar-refractivity contribution >= 4 is 45.5 Å². The molecule has 0 saturated carbocycles. The van der Waals surface area contributed by atoms with Gasteiger partial charge in [-0.3, -0.25) is 4.79 Å². The third-order valence-corrected chi connectivity index (χ3v) is 6.00. The van der Waals surface area contributed by atoms with Gasteiger partial charge in [0.05, 0.1) is 16.4 Å². The second-order valence-corrected chi connectivity index (χ2v) is 8.09. The first-order chi connectivity index (χ1) is 14.0. The minimum atomic E-state index is -0.239. The topological polar surface area (TPSA) is 61.4 Å². The van der Waals surface area contributed by atoms with Crippen LogP contribution in [0.2, 0.25) is 5.02 Å². The van der Waals surface area contributed by atoms with Gasteiger partial charge in [-0.05, 0) is 31.2 Å². The molecule has 0 radical (unpaired) electrons. The normalized spacial score (nSPS) is 14.2. The van der Waals surface area contributed by atoms with Crippen LogP contribution in [0.25, 0.3) is 0 Å². The molecular formula is C20H19ClFN5OS. The fourth-order valence-corrected chi connectivity index (χ4v) is 4.26. The summed E-state index contributed by atoms with van der Waals surface area (Å²) in [6, 6.07) is 10.2. The van der Waals surface area contributed by atoms with E-state index in [0.717, 1.165) is 0 Å². The number of piperazine rings is 1. The van der Waals surface area contributed by atoms with Gasteiger partial charge in [0, 0.05) is 32.4 Å². The molecule has 9 heteroatoms. The highest BCUT2D eigenvalue weighted by Gasteiger charge is 2.26. The molecule has 4 rings (SSSR count). The van der Waals surface area contributed by atoms with Crippen LogP contribution in [0.3, 0.4) is 0 Å². The van der Waals surface area contributed by atoms with Crippen LogP contribution in [-0.4, -0.2) is 47.0 Å². The van der Waals surface area contributed by atoms with Crippen molar-refractivity contribution < 1.29 is 9.18 Å². The summed E-state index contributed by atoms with van der Waals surface area (Å²) in [5, 5.41) is 4.26. The lowest BCUT2D eigenvalue weighted by Crippen LogP contribution is -2.49. The average molecular weight is 432 g/mol. The number of carbonyl (C=O) groups excluding carboxylic acids is 1. The van der Waals surface area contributed by atoms with Crippen molar-refractivity contribution in [1.29, 1.82) is 0 Å². The molecule has 6 nitrogen and oxygen atoms in total. The van der Waals surface area contributed by atoms with Crippen molar-refractivity contribution in [1.82, 2.24) is 14.9 Å². The first-order valence-corrected chi connectivity index (χ1v) is 10.4. The van der Waals surface area contributed by atoms with Gasteiger partial charge in [-0.2, -0.15) is 0 Å². The molecule has 3 heterocycles. The Hall–Kier alpha value is -2.71. The predicted molar refractivity (Wildman–Crippen MR) is 114 cm³/mol. The van der Waals surface area contributed by atoms with E-state index in [1.807, 2.05) is 17.9 Å². The van der Waals surface area contributed by atoms with E-state index < -0.39 is 0 Å². The Morgan fingerprint density at radius 1 is 1.17 bits per heavy atom. The Bertz CT molecular complexity index is 1020. The number of nitrogens with one attached hydrogen (secondary N) is 1. The van der Waals surface area contributed by atoms with Gasteiger partial charge in [0.25, 0.3) is 5.91 Å². The second-order valence-electron chi connectivity index (χ2n) is 6.65. The number of benzene rings is 1. The Kier molecular flexibility index (Phi) is 5.64. The zero-order valence-electron chi connectivity index (χ0n) is 15.7. The molecule has 150 valence electrons. The molecule has 2 aromatic heterocycles. The van der Waals surface area contributed by atoms with Gasteiger partial charge in [-0.15, -0.1) is 0 Å². The maximum atomic E-state index is 14.0. The van der Waals surface area contributed by atoms with Crippen LogP contribution in [0.15, 0.2) is 42.6 Å². The van der Waals surface area contributed by atoms with Gasteiger partial charge in [0.15, 0.2) is 5.13 Å². The molecule has 0 atom stereocenters. The summed E-state index contributed by atoms with van der Waals surface area (Å²) in [5.74, 6) is 0.322. The van der Waals surface area contributed by atoms with E-state index in [1.54, 1.807) is 35.4 Å². The number of carbonyl (C=O) groups is 1. The number of aromatic nitrogens is 2. The summed E-state index contributed by atoms with van der Waals surface area (Å²) in [6.07, 6.45) is 1.55. The monoisotopic (exact) mass is 431 g/mol. The molecule has 1 N–H and O–H groups in total. The molecule has 0 unspecified atom stereocenters. The zero-order chi connectivity index (χ0) is 20.4. The number of halogens is 2. The molecule has 1 aromatic carbocycles. The number of anilines is 3. The van der Waals surface area contributed by atoms with Crippen LogP contribution in [0.1, 0.15) is 15.4 Å². The summed E-state index contributed by atoms with van der Waals surface area (Å²) < 4.78 is 14.0. The van der Waals surface area contributed by atoms with E-state index in [1.165, 1.54) is 17.4 Å². The maximum Gasteiger partial charge on any atom is 0.266 e. The van der Waals surface area contributed by atoms with E-state index >= 15 is 0 Å². The van der Waals surface area contributed by atoms with Gasteiger partial charge in [0.2, 0.25) is 0 Å². The summed E-state index contributed by atoms with van der Waals surface area (Å²) in [4.78, 5) is 26.0. The smallest absolute Gasteiger partial charge is 0.266 e. The van der Waals surface area contributed by atoms with E-state index in [2.05, 4.69) is 15.3 Å². The zero-order valence-corrected chi connectivity index (χ0v) is 17.3. The Morgan fingerprint density at radius 3 is 2.62 bits per heavy atom.